The van der Waals surface area contributed by atoms with E-state index in [1.807, 2.05) is 44.4 Å². The third kappa shape index (κ3) is 4.25. The molecule has 0 aliphatic rings. The largest absolute Gasteiger partial charge is 0.379 e. The molecular weight excluding hydrogens is 328 g/mol. The first kappa shape index (κ1) is 17.6. The van der Waals surface area contributed by atoms with Gasteiger partial charge in [0.05, 0.1) is 17.9 Å². The maximum absolute atomic E-state index is 11.5. The highest BCUT2D eigenvalue weighted by Gasteiger charge is 2.10. The van der Waals surface area contributed by atoms with Crippen LogP contribution in [-0.4, -0.2) is 40.1 Å². The van der Waals surface area contributed by atoms with Crippen LogP contribution in [0.2, 0.25) is 0 Å². The minimum atomic E-state index is -0.441. The second-order valence-corrected chi connectivity index (χ2v) is 6.32. The molecule has 0 unspecified atom stereocenters. The topological polar surface area (TPSA) is 99.9 Å². The summed E-state index contributed by atoms with van der Waals surface area (Å²) in [6, 6.07) is 13.1. The lowest BCUT2D eigenvalue weighted by Crippen LogP contribution is -2.15. The summed E-state index contributed by atoms with van der Waals surface area (Å²) in [5.74, 6) is -0.441. The lowest BCUT2D eigenvalue weighted by atomic mass is 10.1. The van der Waals surface area contributed by atoms with Gasteiger partial charge in [0.2, 0.25) is 5.91 Å². The lowest BCUT2D eigenvalue weighted by molar-refractivity contribution is 0.100. The molecular formula is C19H22N6O. The third-order valence-electron chi connectivity index (χ3n) is 3.91. The van der Waals surface area contributed by atoms with E-state index in [4.69, 9.17) is 5.73 Å². The average molecular weight is 350 g/mol. The normalized spacial score (nSPS) is 10.9. The molecule has 0 saturated heterocycles. The molecule has 1 amide bonds. The number of hydrogen-bond acceptors (Lipinski definition) is 5. The fraction of sp³-hybridized carbons (Fsp3) is 0.211. The van der Waals surface area contributed by atoms with Crippen molar-refractivity contribution in [1.82, 2.24) is 20.1 Å². The van der Waals surface area contributed by atoms with Crippen molar-refractivity contribution in [3.8, 4) is 11.4 Å². The first-order valence-corrected chi connectivity index (χ1v) is 8.30. The number of hydrogen-bond donors (Lipinski definition) is 3. The fourth-order valence-corrected chi connectivity index (χ4v) is 2.66. The van der Waals surface area contributed by atoms with E-state index in [-0.39, 0.29) is 0 Å². The molecule has 0 spiro atoms. The van der Waals surface area contributed by atoms with E-state index >= 15 is 0 Å². The first-order valence-electron chi connectivity index (χ1n) is 8.30. The molecule has 3 rings (SSSR count). The number of benzene rings is 1. The Morgan fingerprint density at radius 1 is 1.19 bits per heavy atom. The summed E-state index contributed by atoms with van der Waals surface area (Å²) < 4.78 is 0. The smallest absolute Gasteiger partial charge is 0.248 e. The number of aromatic nitrogens is 3. The summed E-state index contributed by atoms with van der Waals surface area (Å²) >= 11 is 0. The van der Waals surface area contributed by atoms with Crippen molar-refractivity contribution in [3.05, 3.63) is 65.5 Å². The third-order valence-corrected chi connectivity index (χ3v) is 3.91. The van der Waals surface area contributed by atoms with E-state index in [1.54, 1.807) is 18.3 Å². The highest BCUT2D eigenvalue weighted by atomic mass is 16.1. The predicted octanol–water partition coefficient (Wildman–Crippen LogP) is 2.24. The van der Waals surface area contributed by atoms with Gasteiger partial charge in [0, 0.05) is 24.0 Å². The number of pyridine rings is 1. The SMILES string of the molecule is CN(C)Cc1ccc(C(N)=O)cc1NCc1cc(-c2ccccn2)n[nH]1. The van der Waals surface area contributed by atoms with E-state index < -0.39 is 5.91 Å². The van der Waals surface area contributed by atoms with E-state index in [2.05, 4.69) is 25.4 Å². The monoisotopic (exact) mass is 350 g/mol. The minimum absolute atomic E-state index is 0.441. The van der Waals surface area contributed by atoms with E-state index in [9.17, 15) is 4.79 Å². The Hall–Kier alpha value is -3.19. The number of aromatic amines is 1. The van der Waals surface area contributed by atoms with Crippen LogP contribution >= 0.6 is 0 Å². The second kappa shape index (κ2) is 7.79. The van der Waals surface area contributed by atoms with Crippen molar-refractivity contribution in [3.63, 3.8) is 0 Å². The molecule has 0 radical (unpaired) electrons. The molecule has 7 nitrogen and oxygen atoms in total. The fourth-order valence-electron chi connectivity index (χ4n) is 2.66. The van der Waals surface area contributed by atoms with Crippen LogP contribution < -0.4 is 11.1 Å². The molecule has 0 atom stereocenters. The van der Waals surface area contributed by atoms with Crippen molar-refractivity contribution in [2.24, 2.45) is 5.73 Å². The van der Waals surface area contributed by atoms with Crippen LogP contribution in [0.1, 0.15) is 21.6 Å². The Bertz CT molecular complexity index is 888. The highest BCUT2D eigenvalue weighted by molar-refractivity contribution is 5.94. The van der Waals surface area contributed by atoms with Crippen LogP contribution in [0.25, 0.3) is 11.4 Å². The Balaban J connectivity index is 1.77. The molecule has 0 fully saturated rings. The van der Waals surface area contributed by atoms with Gasteiger partial charge in [-0.3, -0.25) is 14.9 Å². The molecule has 0 bridgehead atoms. The van der Waals surface area contributed by atoms with Gasteiger partial charge in [-0.15, -0.1) is 0 Å². The van der Waals surface area contributed by atoms with Crippen LogP contribution in [0.3, 0.4) is 0 Å². The molecule has 26 heavy (non-hydrogen) atoms. The van der Waals surface area contributed by atoms with Gasteiger partial charge < -0.3 is 16.0 Å². The summed E-state index contributed by atoms with van der Waals surface area (Å²) in [7, 11) is 4.00. The summed E-state index contributed by atoms with van der Waals surface area (Å²) in [4.78, 5) is 17.8. The van der Waals surface area contributed by atoms with Crippen molar-refractivity contribution in [1.29, 1.82) is 0 Å². The number of anilines is 1. The number of nitrogens with one attached hydrogen (secondary N) is 2. The van der Waals surface area contributed by atoms with Gasteiger partial charge in [-0.25, -0.2) is 0 Å². The zero-order valence-corrected chi connectivity index (χ0v) is 14.9. The second-order valence-electron chi connectivity index (χ2n) is 6.32. The number of nitrogens with two attached hydrogens (primary N) is 1. The summed E-state index contributed by atoms with van der Waals surface area (Å²) in [6.45, 7) is 1.30. The molecule has 2 heterocycles. The lowest BCUT2D eigenvalue weighted by Gasteiger charge is -2.16. The van der Waals surface area contributed by atoms with Gasteiger partial charge >= 0.3 is 0 Å². The van der Waals surface area contributed by atoms with Crippen LogP contribution in [0.5, 0.6) is 0 Å². The molecule has 0 aliphatic carbocycles. The van der Waals surface area contributed by atoms with Crippen LogP contribution in [0, 0.1) is 0 Å². The predicted molar refractivity (Wildman–Crippen MR) is 101 cm³/mol. The molecule has 2 aromatic heterocycles. The number of amides is 1. The Morgan fingerprint density at radius 3 is 2.73 bits per heavy atom. The molecule has 134 valence electrons. The molecule has 1 aromatic carbocycles. The maximum atomic E-state index is 11.5. The van der Waals surface area contributed by atoms with Crippen LogP contribution in [0.15, 0.2) is 48.7 Å². The minimum Gasteiger partial charge on any atom is -0.379 e. The number of carbonyl (C=O) groups excluding carboxylic acids is 1. The first-order chi connectivity index (χ1) is 12.5. The summed E-state index contributed by atoms with van der Waals surface area (Å²) in [6.07, 6.45) is 1.74. The number of carbonyl (C=O) groups is 1. The van der Waals surface area contributed by atoms with E-state index in [1.165, 1.54) is 0 Å². The molecule has 7 heteroatoms. The Labute approximate surface area is 152 Å². The van der Waals surface area contributed by atoms with Gasteiger partial charge in [0.25, 0.3) is 0 Å². The van der Waals surface area contributed by atoms with Crippen molar-refractivity contribution in [2.75, 3.05) is 19.4 Å². The van der Waals surface area contributed by atoms with Gasteiger partial charge in [-0.2, -0.15) is 5.10 Å². The van der Waals surface area contributed by atoms with Gasteiger partial charge in [0.1, 0.15) is 5.69 Å². The Kier molecular flexibility index (Phi) is 5.28. The average Bonchev–Trinajstić information content (AvgIpc) is 3.10. The standard InChI is InChI=1S/C19H22N6O/c1-25(2)12-14-7-6-13(19(20)26)9-17(14)22-11-15-10-18(24-23-15)16-5-3-4-8-21-16/h3-10,22H,11-12H2,1-2H3,(H2,20,26)(H,23,24). The molecule has 0 aliphatic heterocycles. The zero-order valence-electron chi connectivity index (χ0n) is 14.9. The van der Waals surface area contributed by atoms with Crippen molar-refractivity contribution >= 4 is 11.6 Å². The molecule has 3 aromatic rings. The number of H-pyrrole nitrogens is 1. The van der Waals surface area contributed by atoms with Crippen molar-refractivity contribution in [2.45, 2.75) is 13.1 Å². The maximum Gasteiger partial charge on any atom is 0.248 e. The number of rotatable bonds is 7. The number of nitrogens with zero attached hydrogens (tertiary/aromatic N) is 3. The van der Waals surface area contributed by atoms with Crippen LogP contribution in [0.4, 0.5) is 5.69 Å². The summed E-state index contributed by atoms with van der Waals surface area (Å²) in [5, 5.41) is 10.7. The van der Waals surface area contributed by atoms with Crippen LogP contribution in [-0.2, 0) is 13.1 Å². The van der Waals surface area contributed by atoms with Gasteiger partial charge in [-0.1, -0.05) is 12.1 Å². The zero-order chi connectivity index (χ0) is 18.5. The van der Waals surface area contributed by atoms with E-state index in [0.717, 1.165) is 34.9 Å². The number of primary amides is 1. The van der Waals surface area contributed by atoms with Crippen molar-refractivity contribution < 1.29 is 4.79 Å². The quantitative estimate of drug-likeness (QED) is 0.607. The highest BCUT2D eigenvalue weighted by Crippen LogP contribution is 2.21. The van der Waals surface area contributed by atoms with Gasteiger partial charge in [0.15, 0.2) is 0 Å². The molecule has 0 saturated carbocycles. The summed E-state index contributed by atoms with van der Waals surface area (Å²) in [5.41, 5.74) is 10.4. The Morgan fingerprint density at radius 2 is 2.04 bits per heavy atom. The molecule has 4 N–H and O–H groups in total. The van der Waals surface area contributed by atoms with Gasteiger partial charge in [-0.05, 0) is 50.0 Å². The van der Waals surface area contributed by atoms with E-state index in [0.29, 0.717) is 12.1 Å².